The lowest BCUT2D eigenvalue weighted by Gasteiger charge is -2.20. The largest absolute Gasteiger partial charge is 0.489 e. The molecule has 0 fully saturated rings. The summed E-state index contributed by atoms with van der Waals surface area (Å²) >= 11 is 0. The number of benzene rings is 1. The van der Waals surface area contributed by atoms with Gasteiger partial charge in [-0.05, 0) is 30.7 Å². The van der Waals surface area contributed by atoms with E-state index in [1.165, 1.54) is 12.1 Å². The maximum atomic E-state index is 13.2. The van der Waals surface area contributed by atoms with Crippen LogP contribution in [0, 0.1) is 5.82 Å². The van der Waals surface area contributed by atoms with Gasteiger partial charge in [0.05, 0.1) is 6.54 Å². The van der Waals surface area contributed by atoms with E-state index in [4.69, 9.17) is 4.74 Å². The van der Waals surface area contributed by atoms with Crippen molar-refractivity contribution < 1.29 is 9.13 Å². The van der Waals surface area contributed by atoms with Gasteiger partial charge < -0.3 is 15.4 Å². The van der Waals surface area contributed by atoms with Crippen LogP contribution in [0.1, 0.15) is 19.0 Å². The standard InChI is InChI=1S/C19H25FN4O/c1-3-17(25-18-9-6-7-15(20)13-18)14-24-19(21-2)23-12-10-16-8-4-5-11-22-16/h4-9,11,13,17H,3,10,12,14H2,1-2H3,(H2,21,23,24). The van der Waals surface area contributed by atoms with Gasteiger partial charge in [0.15, 0.2) is 5.96 Å². The second-order valence-electron chi connectivity index (χ2n) is 5.56. The topological polar surface area (TPSA) is 58.5 Å². The molecule has 2 N–H and O–H groups in total. The molecule has 1 atom stereocenters. The Hall–Kier alpha value is -2.63. The van der Waals surface area contributed by atoms with E-state index in [0.717, 1.165) is 25.1 Å². The second-order valence-corrected chi connectivity index (χ2v) is 5.56. The molecule has 0 aliphatic carbocycles. The maximum absolute atomic E-state index is 13.2. The van der Waals surface area contributed by atoms with Gasteiger partial charge in [0.2, 0.25) is 0 Å². The molecule has 1 heterocycles. The van der Waals surface area contributed by atoms with Crippen LogP contribution >= 0.6 is 0 Å². The van der Waals surface area contributed by atoms with Gasteiger partial charge in [-0.15, -0.1) is 0 Å². The highest BCUT2D eigenvalue weighted by atomic mass is 19.1. The number of nitrogens with one attached hydrogen (secondary N) is 2. The minimum atomic E-state index is -0.299. The summed E-state index contributed by atoms with van der Waals surface area (Å²) in [5.41, 5.74) is 1.03. The molecule has 0 amide bonds. The van der Waals surface area contributed by atoms with Crippen molar-refractivity contribution >= 4 is 5.96 Å². The molecule has 6 heteroatoms. The van der Waals surface area contributed by atoms with Crippen LogP contribution in [0.2, 0.25) is 0 Å². The smallest absolute Gasteiger partial charge is 0.191 e. The number of aromatic nitrogens is 1. The summed E-state index contributed by atoms with van der Waals surface area (Å²) in [6, 6.07) is 12.1. The maximum Gasteiger partial charge on any atom is 0.191 e. The molecule has 5 nitrogen and oxygen atoms in total. The van der Waals surface area contributed by atoms with Gasteiger partial charge in [-0.1, -0.05) is 19.1 Å². The molecule has 0 saturated heterocycles. The van der Waals surface area contributed by atoms with Gasteiger partial charge in [-0.3, -0.25) is 9.98 Å². The van der Waals surface area contributed by atoms with Crippen molar-refractivity contribution in [2.45, 2.75) is 25.9 Å². The fourth-order valence-corrected chi connectivity index (χ4v) is 2.29. The molecule has 1 unspecified atom stereocenters. The molecule has 1 aromatic heterocycles. The third kappa shape index (κ3) is 6.79. The van der Waals surface area contributed by atoms with Gasteiger partial charge in [0.25, 0.3) is 0 Å². The molecule has 0 bridgehead atoms. The normalized spacial score (nSPS) is 12.5. The summed E-state index contributed by atoms with van der Waals surface area (Å²) in [4.78, 5) is 8.50. The Labute approximate surface area is 148 Å². The number of nitrogens with zero attached hydrogens (tertiary/aromatic N) is 2. The summed E-state index contributed by atoms with van der Waals surface area (Å²) in [6.07, 6.45) is 3.33. The lowest BCUT2D eigenvalue weighted by molar-refractivity contribution is 0.199. The van der Waals surface area contributed by atoms with Gasteiger partial charge in [-0.25, -0.2) is 4.39 Å². The van der Waals surface area contributed by atoms with Gasteiger partial charge in [-0.2, -0.15) is 0 Å². The Morgan fingerprint density at radius 1 is 1.24 bits per heavy atom. The Bertz CT molecular complexity index is 663. The van der Waals surface area contributed by atoms with E-state index in [1.807, 2.05) is 25.1 Å². The Morgan fingerprint density at radius 3 is 2.80 bits per heavy atom. The molecule has 134 valence electrons. The second kappa shape index (κ2) is 10.3. The molecular formula is C19H25FN4O. The first-order chi connectivity index (χ1) is 12.2. The van der Waals surface area contributed by atoms with Gasteiger partial charge in [0, 0.05) is 38.0 Å². The fraction of sp³-hybridized carbons (Fsp3) is 0.368. The molecule has 2 rings (SSSR count). The van der Waals surface area contributed by atoms with Crippen molar-refractivity contribution in [2.24, 2.45) is 4.99 Å². The predicted octanol–water partition coefficient (Wildman–Crippen LogP) is 2.79. The molecule has 0 aliphatic heterocycles. The quantitative estimate of drug-likeness (QED) is 0.571. The minimum Gasteiger partial charge on any atom is -0.489 e. The zero-order chi connectivity index (χ0) is 17.9. The lowest BCUT2D eigenvalue weighted by Crippen LogP contribution is -2.43. The van der Waals surface area contributed by atoms with Crippen LogP contribution in [0.4, 0.5) is 4.39 Å². The van der Waals surface area contributed by atoms with Crippen molar-refractivity contribution in [1.82, 2.24) is 15.6 Å². The van der Waals surface area contributed by atoms with Crippen LogP contribution < -0.4 is 15.4 Å². The average Bonchev–Trinajstić information content (AvgIpc) is 2.64. The minimum absolute atomic E-state index is 0.0730. The van der Waals surface area contributed by atoms with Crippen molar-refractivity contribution in [3.8, 4) is 5.75 Å². The highest BCUT2D eigenvalue weighted by Crippen LogP contribution is 2.14. The number of ether oxygens (including phenoxy) is 1. The van der Waals surface area contributed by atoms with Crippen LogP contribution in [0.25, 0.3) is 0 Å². The highest BCUT2D eigenvalue weighted by Gasteiger charge is 2.10. The molecule has 0 aliphatic rings. The number of hydrogen-bond acceptors (Lipinski definition) is 3. The first kappa shape index (κ1) is 18.7. The Balaban J connectivity index is 1.76. The first-order valence-corrected chi connectivity index (χ1v) is 8.48. The van der Waals surface area contributed by atoms with Crippen LogP contribution in [0.15, 0.2) is 53.7 Å². The number of hydrogen-bond donors (Lipinski definition) is 2. The fourth-order valence-electron chi connectivity index (χ4n) is 2.29. The lowest BCUT2D eigenvalue weighted by atomic mass is 10.2. The van der Waals surface area contributed by atoms with Crippen molar-refractivity contribution in [1.29, 1.82) is 0 Å². The molecule has 2 aromatic rings. The number of pyridine rings is 1. The van der Waals surface area contributed by atoms with Crippen molar-refractivity contribution in [3.63, 3.8) is 0 Å². The Morgan fingerprint density at radius 2 is 2.12 bits per heavy atom. The molecule has 0 radical (unpaired) electrons. The number of guanidine groups is 1. The zero-order valence-electron chi connectivity index (χ0n) is 14.7. The third-order valence-corrected chi connectivity index (χ3v) is 3.67. The van der Waals surface area contributed by atoms with Crippen LogP contribution in [-0.2, 0) is 6.42 Å². The van der Waals surface area contributed by atoms with E-state index in [-0.39, 0.29) is 11.9 Å². The molecule has 25 heavy (non-hydrogen) atoms. The summed E-state index contributed by atoms with van der Waals surface area (Å²) in [5.74, 6) is 0.941. The average molecular weight is 344 g/mol. The summed E-state index contributed by atoms with van der Waals surface area (Å²) in [5, 5.41) is 6.49. The van der Waals surface area contributed by atoms with E-state index >= 15 is 0 Å². The molecule has 0 spiro atoms. The van der Waals surface area contributed by atoms with E-state index in [0.29, 0.717) is 18.3 Å². The van der Waals surface area contributed by atoms with Gasteiger partial charge >= 0.3 is 0 Å². The van der Waals surface area contributed by atoms with E-state index in [1.54, 1.807) is 25.4 Å². The summed E-state index contributed by atoms with van der Waals surface area (Å²) in [7, 11) is 1.73. The number of aliphatic imine (C=N–C) groups is 1. The number of rotatable bonds is 8. The van der Waals surface area contributed by atoms with Crippen molar-refractivity contribution in [3.05, 3.63) is 60.2 Å². The molecular weight excluding hydrogens is 319 g/mol. The van der Waals surface area contributed by atoms with Crippen LogP contribution in [-0.4, -0.2) is 37.2 Å². The Kier molecular flexibility index (Phi) is 7.69. The first-order valence-electron chi connectivity index (χ1n) is 8.48. The monoisotopic (exact) mass is 344 g/mol. The van der Waals surface area contributed by atoms with Crippen molar-refractivity contribution in [2.75, 3.05) is 20.1 Å². The van der Waals surface area contributed by atoms with E-state index in [2.05, 4.69) is 20.6 Å². The summed E-state index contributed by atoms with van der Waals surface area (Å²) < 4.78 is 19.1. The van der Waals surface area contributed by atoms with E-state index < -0.39 is 0 Å². The van der Waals surface area contributed by atoms with Crippen LogP contribution in [0.3, 0.4) is 0 Å². The van der Waals surface area contributed by atoms with Gasteiger partial charge in [0.1, 0.15) is 17.7 Å². The predicted molar refractivity (Wildman–Crippen MR) is 98.4 cm³/mol. The summed E-state index contributed by atoms with van der Waals surface area (Å²) in [6.45, 7) is 3.34. The molecule has 1 aromatic carbocycles. The van der Waals surface area contributed by atoms with Crippen LogP contribution in [0.5, 0.6) is 5.75 Å². The molecule has 0 saturated carbocycles. The highest BCUT2D eigenvalue weighted by molar-refractivity contribution is 5.79. The SMILES string of the molecule is CCC(CNC(=NC)NCCc1ccccn1)Oc1cccc(F)c1. The zero-order valence-corrected chi connectivity index (χ0v) is 14.7. The third-order valence-electron chi connectivity index (χ3n) is 3.67. The van der Waals surface area contributed by atoms with E-state index in [9.17, 15) is 4.39 Å². The number of halogens is 1.